The van der Waals surface area contributed by atoms with Gasteiger partial charge in [-0.05, 0) is 37.6 Å². The number of nitrogens with zero attached hydrogens (tertiary/aromatic N) is 2. The van der Waals surface area contributed by atoms with Gasteiger partial charge in [-0.2, -0.15) is 0 Å². The maximum atomic E-state index is 12.2. The zero-order chi connectivity index (χ0) is 15.4. The molecule has 1 atom stereocenters. The molecule has 6 nitrogen and oxygen atoms in total. The Balaban J connectivity index is 2.12. The van der Waals surface area contributed by atoms with Gasteiger partial charge in [0.05, 0.1) is 7.11 Å². The van der Waals surface area contributed by atoms with E-state index in [2.05, 4.69) is 15.5 Å². The van der Waals surface area contributed by atoms with Gasteiger partial charge in [0, 0.05) is 12.7 Å². The van der Waals surface area contributed by atoms with E-state index in [0.29, 0.717) is 10.7 Å². The summed E-state index contributed by atoms with van der Waals surface area (Å²) in [7, 11) is 3.19. The fraction of sp³-hybridized carbons (Fsp3) is 0.357. The second-order valence-corrected chi connectivity index (χ2v) is 5.47. The van der Waals surface area contributed by atoms with Crippen LogP contribution in [0.1, 0.15) is 34.0 Å². The number of carbonyl (C=O) groups is 1. The number of carbonyl (C=O) groups excluding carboxylic acids is 1. The second-order valence-electron chi connectivity index (χ2n) is 4.46. The van der Waals surface area contributed by atoms with Crippen molar-refractivity contribution in [3.05, 3.63) is 34.3 Å². The van der Waals surface area contributed by atoms with Crippen molar-refractivity contribution in [3.63, 3.8) is 0 Å². The van der Waals surface area contributed by atoms with Crippen LogP contribution in [0, 0.1) is 6.92 Å². The molecule has 0 bridgehead atoms. The van der Waals surface area contributed by atoms with Crippen LogP contribution in [-0.2, 0) is 4.74 Å². The highest BCUT2D eigenvalue weighted by Crippen LogP contribution is 2.24. The summed E-state index contributed by atoms with van der Waals surface area (Å²) < 4.78 is 10.3. The monoisotopic (exact) mass is 307 g/mol. The lowest BCUT2D eigenvalue weighted by molar-refractivity contribution is 0.102. The summed E-state index contributed by atoms with van der Waals surface area (Å²) in [5, 5.41) is 11.9. The second kappa shape index (κ2) is 6.64. The highest BCUT2D eigenvalue weighted by molar-refractivity contribution is 7.15. The molecule has 0 aliphatic heterocycles. The lowest BCUT2D eigenvalue weighted by atomic mass is 10.1. The molecule has 1 amide bonds. The number of anilines is 1. The zero-order valence-corrected chi connectivity index (χ0v) is 13.2. The van der Waals surface area contributed by atoms with E-state index < -0.39 is 0 Å². The molecule has 0 saturated carbocycles. The summed E-state index contributed by atoms with van der Waals surface area (Å²) in [5.41, 5.74) is 1.41. The van der Waals surface area contributed by atoms with Crippen molar-refractivity contribution in [1.29, 1.82) is 0 Å². The van der Waals surface area contributed by atoms with Gasteiger partial charge in [-0.1, -0.05) is 11.3 Å². The molecule has 1 aromatic carbocycles. The predicted molar refractivity (Wildman–Crippen MR) is 81.0 cm³/mol. The molecule has 0 radical (unpaired) electrons. The first-order valence-electron chi connectivity index (χ1n) is 6.37. The number of methoxy groups -OCH3 is 2. The number of ether oxygens (including phenoxy) is 2. The normalized spacial score (nSPS) is 12.0. The van der Waals surface area contributed by atoms with Gasteiger partial charge in [-0.15, -0.1) is 10.2 Å². The van der Waals surface area contributed by atoms with Gasteiger partial charge in [-0.3, -0.25) is 10.1 Å². The van der Waals surface area contributed by atoms with Crippen LogP contribution in [0.4, 0.5) is 5.13 Å². The molecule has 1 N–H and O–H groups in total. The van der Waals surface area contributed by atoms with Crippen LogP contribution in [0.15, 0.2) is 18.2 Å². The van der Waals surface area contributed by atoms with Gasteiger partial charge < -0.3 is 9.47 Å². The molecule has 0 aliphatic rings. The minimum atomic E-state index is -0.220. The van der Waals surface area contributed by atoms with E-state index >= 15 is 0 Å². The molecule has 2 rings (SSSR count). The zero-order valence-electron chi connectivity index (χ0n) is 12.3. The van der Waals surface area contributed by atoms with Crippen LogP contribution in [-0.4, -0.2) is 30.3 Å². The smallest absolute Gasteiger partial charge is 0.257 e. The first-order valence-corrected chi connectivity index (χ1v) is 7.19. The standard InChI is InChI=1S/C14H17N3O3S/c1-8-7-10(20-4)5-6-11(8)12(18)15-14-17-16-13(21-14)9(2)19-3/h5-7,9H,1-4H3,(H,15,17,18). The fourth-order valence-corrected chi connectivity index (χ4v) is 2.50. The molecule has 112 valence electrons. The van der Waals surface area contributed by atoms with Crippen molar-refractivity contribution >= 4 is 22.4 Å². The van der Waals surface area contributed by atoms with Crippen molar-refractivity contribution in [3.8, 4) is 5.75 Å². The predicted octanol–water partition coefficient (Wildman–Crippen LogP) is 2.81. The molecular weight excluding hydrogens is 290 g/mol. The van der Waals surface area contributed by atoms with E-state index in [0.717, 1.165) is 16.3 Å². The number of hydrogen-bond donors (Lipinski definition) is 1. The van der Waals surface area contributed by atoms with Crippen molar-refractivity contribution < 1.29 is 14.3 Å². The van der Waals surface area contributed by atoms with Crippen LogP contribution in [0.25, 0.3) is 0 Å². The van der Waals surface area contributed by atoms with E-state index in [4.69, 9.17) is 9.47 Å². The van der Waals surface area contributed by atoms with Crippen molar-refractivity contribution in [2.24, 2.45) is 0 Å². The molecule has 0 spiro atoms. The lowest BCUT2D eigenvalue weighted by Gasteiger charge is -2.07. The van der Waals surface area contributed by atoms with Gasteiger partial charge in [-0.25, -0.2) is 0 Å². The number of nitrogens with one attached hydrogen (secondary N) is 1. The summed E-state index contributed by atoms with van der Waals surface area (Å²) in [4.78, 5) is 12.2. The highest BCUT2D eigenvalue weighted by Gasteiger charge is 2.15. The Hall–Kier alpha value is -1.99. The van der Waals surface area contributed by atoms with Crippen LogP contribution in [0.2, 0.25) is 0 Å². The number of rotatable bonds is 5. The molecule has 0 aliphatic carbocycles. The lowest BCUT2D eigenvalue weighted by Crippen LogP contribution is -2.13. The van der Waals surface area contributed by atoms with Crippen molar-refractivity contribution in [1.82, 2.24) is 10.2 Å². The minimum absolute atomic E-state index is 0.143. The van der Waals surface area contributed by atoms with Crippen molar-refractivity contribution in [2.75, 3.05) is 19.5 Å². The Morgan fingerprint density at radius 3 is 2.71 bits per heavy atom. The Morgan fingerprint density at radius 1 is 1.33 bits per heavy atom. The van der Waals surface area contributed by atoms with Gasteiger partial charge in [0.15, 0.2) is 0 Å². The minimum Gasteiger partial charge on any atom is -0.497 e. The summed E-state index contributed by atoms with van der Waals surface area (Å²) in [6.07, 6.45) is -0.143. The summed E-state index contributed by atoms with van der Waals surface area (Å²) in [5.74, 6) is 0.499. The van der Waals surface area contributed by atoms with Crippen LogP contribution in [0.5, 0.6) is 5.75 Å². The maximum absolute atomic E-state index is 12.2. The number of aryl methyl sites for hydroxylation is 1. The van der Waals surface area contributed by atoms with E-state index in [9.17, 15) is 4.79 Å². The fourth-order valence-electron chi connectivity index (χ4n) is 1.73. The molecule has 0 fully saturated rings. The summed E-state index contributed by atoms with van der Waals surface area (Å²) in [6.45, 7) is 3.73. The molecule has 21 heavy (non-hydrogen) atoms. The molecule has 1 heterocycles. The Bertz CT molecular complexity index is 642. The largest absolute Gasteiger partial charge is 0.497 e. The van der Waals surface area contributed by atoms with Crippen molar-refractivity contribution in [2.45, 2.75) is 20.0 Å². The highest BCUT2D eigenvalue weighted by atomic mass is 32.1. The molecule has 7 heteroatoms. The first kappa shape index (κ1) is 15.4. The number of benzene rings is 1. The summed E-state index contributed by atoms with van der Waals surface area (Å²) in [6, 6.07) is 5.29. The van der Waals surface area contributed by atoms with Crippen LogP contribution >= 0.6 is 11.3 Å². The van der Waals surface area contributed by atoms with E-state index in [-0.39, 0.29) is 12.0 Å². The SMILES string of the molecule is COc1ccc(C(=O)Nc2nnc(C(C)OC)s2)c(C)c1. The topological polar surface area (TPSA) is 73.3 Å². The van der Waals surface area contributed by atoms with Gasteiger partial charge in [0.25, 0.3) is 5.91 Å². The van der Waals surface area contributed by atoms with Gasteiger partial charge in [0.2, 0.25) is 5.13 Å². The van der Waals surface area contributed by atoms with E-state index in [1.807, 2.05) is 19.9 Å². The molecule has 1 unspecified atom stereocenters. The third-order valence-electron chi connectivity index (χ3n) is 3.04. The third-order valence-corrected chi connectivity index (χ3v) is 4.04. The Morgan fingerprint density at radius 2 is 2.10 bits per heavy atom. The Kier molecular flexibility index (Phi) is 4.87. The number of aromatic nitrogens is 2. The average Bonchev–Trinajstić information content (AvgIpc) is 2.94. The third kappa shape index (κ3) is 3.56. The van der Waals surface area contributed by atoms with Gasteiger partial charge >= 0.3 is 0 Å². The molecule has 1 aromatic heterocycles. The quantitative estimate of drug-likeness (QED) is 0.919. The van der Waals surface area contributed by atoms with Crippen LogP contribution < -0.4 is 10.1 Å². The van der Waals surface area contributed by atoms with E-state index in [1.165, 1.54) is 11.3 Å². The Labute approximate surface area is 127 Å². The molecular formula is C14H17N3O3S. The average molecular weight is 307 g/mol. The molecule has 0 saturated heterocycles. The number of amides is 1. The van der Waals surface area contributed by atoms with E-state index in [1.54, 1.807) is 26.4 Å². The maximum Gasteiger partial charge on any atom is 0.257 e. The van der Waals surface area contributed by atoms with Crippen LogP contribution in [0.3, 0.4) is 0 Å². The van der Waals surface area contributed by atoms with Gasteiger partial charge in [0.1, 0.15) is 16.9 Å². The number of hydrogen-bond acceptors (Lipinski definition) is 6. The summed E-state index contributed by atoms with van der Waals surface area (Å²) >= 11 is 1.30. The molecule has 2 aromatic rings. The first-order chi connectivity index (χ1) is 10.0.